The molecular formula is C16H32N2. The first kappa shape index (κ1) is 14.3. The number of hydrogen-bond acceptors (Lipinski definition) is 2. The number of nitrogens with zero attached hydrogens (tertiary/aromatic N) is 1. The van der Waals surface area contributed by atoms with E-state index in [1.807, 2.05) is 0 Å². The van der Waals surface area contributed by atoms with Crippen molar-refractivity contribution in [2.24, 2.45) is 5.92 Å². The molecule has 2 fully saturated rings. The zero-order valence-corrected chi connectivity index (χ0v) is 12.5. The number of hydrogen-bond donors (Lipinski definition) is 1. The highest BCUT2D eigenvalue weighted by Crippen LogP contribution is 2.30. The minimum Gasteiger partial charge on any atom is -0.313 e. The zero-order chi connectivity index (χ0) is 12.8. The summed E-state index contributed by atoms with van der Waals surface area (Å²) >= 11 is 0. The number of nitrogens with one attached hydrogen (secondary N) is 1. The van der Waals surface area contributed by atoms with Crippen LogP contribution in [0.2, 0.25) is 0 Å². The standard InChI is InChI=1S/C16H32N2/c1-3-11-18(13-15-8-6-10-17-15)16-9-5-7-14(4-2)12-16/h14-17H,3-13H2,1-2H3. The van der Waals surface area contributed by atoms with Crippen LogP contribution in [-0.2, 0) is 0 Å². The van der Waals surface area contributed by atoms with E-state index in [0.717, 1.165) is 18.0 Å². The van der Waals surface area contributed by atoms with Gasteiger partial charge in [0.05, 0.1) is 0 Å². The molecule has 3 atom stereocenters. The van der Waals surface area contributed by atoms with E-state index in [1.54, 1.807) is 0 Å². The van der Waals surface area contributed by atoms with Crippen LogP contribution in [0.3, 0.4) is 0 Å². The molecule has 3 unspecified atom stereocenters. The van der Waals surface area contributed by atoms with Gasteiger partial charge in [0.15, 0.2) is 0 Å². The molecule has 1 saturated carbocycles. The van der Waals surface area contributed by atoms with Gasteiger partial charge in [-0.05, 0) is 51.1 Å². The molecule has 0 amide bonds. The van der Waals surface area contributed by atoms with Gasteiger partial charge >= 0.3 is 0 Å². The topological polar surface area (TPSA) is 15.3 Å². The van der Waals surface area contributed by atoms with Crippen LogP contribution >= 0.6 is 0 Å². The molecule has 2 nitrogen and oxygen atoms in total. The molecule has 1 aliphatic carbocycles. The molecular weight excluding hydrogens is 220 g/mol. The minimum atomic E-state index is 0.776. The van der Waals surface area contributed by atoms with Crippen LogP contribution in [0.4, 0.5) is 0 Å². The third kappa shape index (κ3) is 3.96. The monoisotopic (exact) mass is 252 g/mol. The molecule has 18 heavy (non-hydrogen) atoms. The summed E-state index contributed by atoms with van der Waals surface area (Å²) in [4.78, 5) is 2.81. The van der Waals surface area contributed by atoms with Crippen LogP contribution in [0.1, 0.15) is 65.2 Å². The average Bonchev–Trinajstić information content (AvgIpc) is 2.91. The van der Waals surface area contributed by atoms with Crippen LogP contribution in [0.15, 0.2) is 0 Å². The van der Waals surface area contributed by atoms with Gasteiger partial charge in [0.25, 0.3) is 0 Å². The maximum atomic E-state index is 3.67. The van der Waals surface area contributed by atoms with Gasteiger partial charge < -0.3 is 5.32 Å². The van der Waals surface area contributed by atoms with E-state index in [9.17, 15) is 0 Å². The van der Waals surface area contributed by atoms with Crippen LogP contribution in [0.25, 0.3) is 0 Å². The van der Waals surface area contributed by atoms with Gasteiger partial charge in [-0.25, -0.2) is 0 Å². The summed E-state index contributed by atoms with van der Waals surface area (Å²) in [6.07, 6.45) is 11.3. The van der Waals surface area contributed by atoms with Gasteiger partial charge in [0.2, 0.25) is 0 Å². The van der Waals surface area contributed by atoms with Crippen molar-refractivity contribution in [2.75, 3.05) is 19.6 Å². The van der Waals surface area contributed by atoms with Crippen LogP contribution in [-0.4, -0.2) is 36.6 Å². The maximum Gasteiger partial charge on any atom is 0.0195 e. The van der Waals surface area contributed by atoms with Gasteiger partial charge in [-0.3, -0.25) is 4.90 Å². The summed E-state index contributed by atoms with van der Waals surface area (Å²) in [7, 11) is 0. The van der Waals surface area contributed by atoms with E-state index < -0.39 is 0 Å². The normalized spacial score (nSPS) is 33.2. The van der Waals surface area contributed by atoms with Crippen molar-refractivity contribution in [2.45, 2.75) is 77.3 Å². The molecule has 2 rings (SSSR count). The van der Waals surface area contributed by atoms with Gasteiger partial charge in [0.1, 0.15) is 0 Å². The Kier molecular flexibility index (Phi) is 5.97. The van der Waals surface area contributed by atoms with Crippen molar-refractivity contribution in [3.8, 4) is 0 Å². The molecule has 0 aromatic carbocycles. The van der Waals surface area contributed by atoms with Gasteiger partial charge in [-0.2, -0.15) is 0 Å². The summed E-state index contributed by atoms with van der Waals surface area (Å²) in [5.74, 6) is 1.000. The molecule has 1 N–H and O–H groups in total. The summed E-state index contributed by atoms with van der Waals surface area (Å²) in [6, 6.07) is 1.66. The molecule has 0 aromatic heterocycles. The van der Waals surface area contributed by atoms with E-state index in [4.69, 9.17) is 0 Å². The summed E-state index contributed by atoms with van der Waals surface area (Å²) in [5.41, 5.74) is 0. The minimum absolute atomic E-state index is 0.776. The predicted molar refractivity (Wildman–Crippen MR) is 78.9 cm³/mol. The molecule has 2 aliphatic rings. The highest BCUT2D eigenvalue weighted by Gasteiger charge is 2.27. The second-order valence-electron chi connectivity index (χ2n) is 6.38. The fourth-order valence-electron chi connectivity index (χ4n) is 3.87. The first-order chi connectivity index (χ1) is 8.83. The van der Waals surface area contributed by atoms with Crippen molar-refractivity contribution < 1.29 is 0 Å². The second-order valence-corrected chi connectivity index (χ2v) is 6.38. The molecule has 0 radical (unpaired) electrons. The van der Waals surface area contributed by atoms with Crippen LogP contribution < -0.4 is 5.32 Å². The Hall–Kier alpha value is -0.0800. The Balaban J connectivity index is 1.86. The Bertz CT molecular complexity index is 223. The highest BCUT2D eigenvalue weighted by atomic mass is 15.2. The SMILES string of the molecule is CCCN(CC1CCCN1)C1CCCC(CC)C1. The molecule has 106 valence electrons. The fourth-order valence-corrected chi connectivity index (χ4v) is 3.87. The van der Waals surface area contributed by atoms with Crippen molar-refractivity contribution in [1.82, 2.24) is 10.2 Å². The lowest BCUT2D eigenvalue weighted by atomic mass is 9.83. The third-order valence-corrected chi connectivity index (χ3v) is 4.98. The third-order valence-electron chi connectivity index (χ3n) is 4.98. The molecule has 0 bridgehead atoms. The summed E-state index contributed by atoms with van der Waals surface area (Å²) in [5, 5.41) is 3.67. The molecule has 2 heteroatoms. The van der Waals surface area contributed by atoms with Crippen molar-refractivity contribution in [3.05, 3.63) is 0 Å². The lowest BCUT2D eigenvalue weighted by Gasteiger charge is -2.38. The number of rotatable bonds is 6. The molecule has 1 saturated heterocycles. The Morgan fingerprint density at radius 3 is 2.67 bits per heavy atom. The smallest absolute Gasteiger partial charge is 0.0195 e. The van der Waals surface area contributed by atoms with E-state index in [1.165, 1.54) is 71.0 Å². The summed E-state index contributed by atoms with van der Waals surface area (Å²) in [6.45, 7) is 8.55. The molecule has 0 aromatic rings. The van der Waals surface area contributed by atoms with Gasteiger partial charge in [0, 0.05) is 18.6 Å². The lowest BCUT2D eigenvalue weighted by Crippen LogP contribution is -2.45. The van der Waals surface area contributed by atoms with Crippen molar-refractivity contribution >= 4 is 0 Å². The highest BCUT2D eigenvalue weighted by molar-refractivity contribution is 4.84. The van der Waals surface area contributed by atoms with E-state index in [0.29, 0.717) is 0 Å². The first-order valence-electron chi connectivity index (χ1n) is 8.30. The van der Waals surface area contributed by atoms with Crippen molar-refractivity contribution in [3.63, 3.8) is 0 Å². The van der Waals surface area contributed by atoms with Gasteiger partial charge in [-0.15, -0.1) is 0 Å². The molecule has 1 heterocycles. The van der Waals surface area contributed by atoms with E-state index in [-0.39, 0.29) is 0 Å². The lowest BCUT2D eigenvalue weighted by molar-refractivity contribution is 0.118. The second kappa shape index (κ2) is 7.49. The average molecular weight is 252 g/mol. The van der Waals surface area contributed by atoms with Crippen LogP contribution in [0, 0.1) is 5.92 Å². The molecule has 0 spiro atoms. The predicted octanol–water partition coefficient (Wildman–Crippen LogP) is 3.42. The largest absolute Gasteiger partial charge is 0.313 e. The quantitative estimate of drug-likeness (QED) is 0.779. The summed E-state index contributed by atoms with van der Waals surface area (Å²) < 4.78 is 0. The Morgan fingerprint density at radius 2 is 2.00 bits per heavy atom. The van der Waals surface area contributed by atoms with Gasteiger partial charge in [-0.1, -0.05) is 33.1 Å². The fraction of sp³-hybridized carbons (Fsp3) is 1.00. The Labute approximate surface area is 114 Å². The van der Waals surface area contributed by atoms with E-state index in [2.05, 4.69) is 24.1 Å². The van der Waals surface area contributed by atoms with E-state index >= 15 is 0 Å². The Morgan fingerprint density at radius 1 is 1.11 bits per heavy atom. The molecule has 1 aliphatic heterocycles. The van der Waals surface area contributed by atoms with Crippen LogP contribution in [0.5, 0.6) is 0 Å². The zero-order valence-electron chi connectivity index (χ0n) is 12.5. The maximum absolute atomic E-state index is 3.67. The van der Waals surface area contributed by atoms with Crippen molar-refractivity contribution in [1.29, 1.82) is 0 Å². The first-order valence-corrected chi connectivity index (χ1v) is 8.30.